The van der Waals surface area contributed by atoms with Crippen LogP contribution in [0.2, 0.25) is 0 Å². The molecule has 2 aromatic heterocycles. The summed E-state index contributed by atoms with van der Waals surface area (Å²) in [5.74, 6) is 0.0528. The van der Waals surface area contributed by atoms with Gasteiger partial charge in [-0.05, 0) is 36.1 Å². The van der Waals surface area contributed by atoms with Gasteiger partial charge in [0.25, 0.3) is 5.91 Å². The van der Waals surface area contributed by atoms with Crippen molar-refractivity contribution in [1.82, 2.24) is 19.6 Å². The van der Waals surface area contributed by atoms with Crippen molar-refractivity contribution in [3.63, 3.8) is 0 Å². The zero-order chi connectivity index (χ0) is 24.4. The molecule has 200 valence electrons. The lowest BCUT2D eigenvalue weighted by Gasteiger charge is -2.26. The smallest absolute Gasteiger partial charge is 0.265 e. The quantitative estimate of drug-likeness (QED) is 0.372. The Balaban J connectivity index is 0.00000150. The van der Waals surface area contributed by atoms with Gasteiger partial charge in [0, 0.05) is 47.1 Å². The predicted octanol–water partition coefficient (Wildman–Crippen LogP) is 3.88. The molecule has 11 heteroatoms. The van der Waals surface area contributed by atoms with Gasteiger partial charge in [0.1, 0.15) is 4.88 Å². The zero-order valence-corrected chi connectivity index (χ0v) is 24.1. The molecular weight excluding hydrogens is 509 g/mol. The number of aromatic nitrogens is 2. The van der Waals surface area contributed by atoms with Crippen molar-refractivity contribution >= 4 is 58.1 Å². The molecule has 0 atom stereocenters. The number of halogens is 2. The Bertz CT molecular complexity index is 1020. The van der Waals surface area contributed by atoms with Gasteiger partial charge >= 0.3 is 0 Å². The maximum Gasteiger partial charge on any atom is 0.265 e. The van der Waals surface area contributed by atoms with Crippen LogP contribution in [0.15, 0.2) is 24.4 Å². The summed E-state index contributed by atoms with van der Waals surface area (Å²) < 4.78 is 11.7. The summed E-state index contributed by atoms with van der Waals surface area (Å²) in [6.07, 6.45) is 2.87. The van der Waals surface area contributed by atoms with Crippen LogP contribution >= 0.6 is 36.2 Å². The summed E-state index contributed by atoms with van der Waals surface area (Å²) in [6.45, 7) is 10.9. The Morgan fingerprint density at radius 3 is 2.43 bits per heavy atom. The largest absolute Gasteiger partial charge is 0.383 e. The van der Waals surface area contributed by atoms with Crippen LogP contribution in [0.4, 0.5) is 0 Å². The van der Waals surface area contributed by atoms with Crippen LogP contribution in [0.5, 0.6) is 0 Å². The van der Waals surface area contributed by atoms with Gasteiger partial charge < -0.3 is 25.4 Å². The van der Waals surface area contributed by atoms with Crippen LogP contribution in [-0.2, 0) is 15.9 Å². The van der Waals surface area contributed by atoms with Crippen molar-refractivity contribution in [2.75, 3.05) is 60.7 Å². The molecule has 0 fully saturated rings. The molecule has 0 unspecified atom stereocenters. The lowest BCUT2D eigenvalue weighted by Crippen LogP contribution is -2.34. The van der Waals surface area contributed by atoms with Gasteiger partial charge in [-0.2, -0.15) is 0 Å². The van der Waals surface area contributed by atoms with Crippen LogP contribution in [0, 0.1) is 5.41 Å². The number of fused-ring (bicyclic) bond motifs is 3. The van der Waals surface area contributed by atoms with Gasteiger partial charge in [-0.15, -0.1) is 24.8 Å². The number of imidazole rings is 1. The predicted molar refractivity (Wildman–Crippen MR) is 151 cm³/mol. The second-order valence-electron chi connectivity index (χ2n) is 9.18. The molecule has 0 aliphatic carbocycles. The first kappa shape index (κ1) is 33.5. The van der Waals surface area contributed by atoms with Crippen LogP contribution in [0.1, 0.15) is 36.0 Å². The van der Waals surface area contributed by atoms with Crippen molar-refractivity contribution in [3.05, 3.63) is 34.8 Å². The van der Waals surface area contributed by atoms with Gasteiger partial charge in [0.15, 0.2) is 4.96 Å². The molecule has 0 aliphatic heterocycles. The fourth-order valence-corrected chi connectivity index (χ4v) is 4.42. The molecule has 3 aromatic rings. The van der Waals surface area contributed by atoms with Gasteiger partial charge in [-0.3, -0.25) is 9.20 Å². The summed E-state index contributed by atoms with van der Waals surface area (Å²) in [4.78, 5) is 20.9. The lowest BCUT2D eigenvalue weighted by molar-refractivity contribution is 0.0750. The van der Waals surface area contributed by atoms with E-state index in [0.717, 1.165) is 47.0 Å². The summed E-state index contributed by atoms with van der Waals surface area (Å²) in [5, 5.41) is 3.37. The Morgan fingerprint density at radius 2 is 1.86 bits per heavy atom. The Hall–Kier alpha value is -1.46. The minimum absolute atomic E-state index is 0. The standard InChI is InChI=1S/C21H30N4O2S.C3H9NO.2ClH/c1-21(2,3)14-24(4)19(26)18-13-25-17-12-15(8-9-22-10-11-27-5)6-7-16(17)23-20(25)28-18;1-5-3-2-4;;/h6-7,12-13,22H,8-11,14H2,1-5H3;2-4H2,1H3;2*1H. The molecule has 1 aromatic carbocycles. The first-order valence-corrected chi connectivity index (χ1v) is 12.1. The van der Waals surface area contributed by atoms with E-state index in [9.17, 15) is 4.79 Å². The number of benzene rings is 1. The number of nitrogens with one attached hydrogen (secondary N) is 1. The third-order valence-corrected chi connectivity index (χ3v) is 5.80. The number of nitrogens with two attached hydrogens (primary N) is 1. The maximum absolute atomic E-state index is 12.8. The van der Waals surface area contributed by atoms with Crippen molar-refractivity contribution in [2.45, 2.75) is 27.2 Å². The molecule has 3 N–H and O–H groups in total. The van der Waals surface area contributed by atoms with E-state index >= 15 is 0 Å². The Morgan fingerprint density at radius 1 is 1.17 bits per heavy atom. The zero-order valence-electron chi connectivity index (χ0n) is 21.6. The molecule has 8 nitrogen and oxygen atoms in total. The number of nitrogens with zero attached hydrogens (tertiary/aromatic N) is 3. The summed E-state index contributed by atoms with van der Waals surface area (Å²) >= 11 is 1.45. The number of rotatable bonds is 10. The van der Waals surface area contributed by atoms with E-state index in [-0.39, 0.29) is 36.1 Å². The van der Waals surface area contributed by atoms with Crippen molar-refractivity contribution in [3.8, 4) is 0 Å². The minimum atomic E-state index is 0. The molecule has 0 spiro atoms. The van der Waals surface area contributed by atoms with Crippen molar-refractivity contribution < 1.29 is 14.3 Å². The van der Waals surface area contributed by atoms with Crippen LogP contribution in [0.25, 0.3) is 16.0 Å². The number of thiazole rings is 1. The first-order valence-electron chi connectivity index (χ1n) is 11.2. The van der Waals surface area contributed by atoms with Crippen LogP contribution < -0.4 is 11.1 Å². The molecule has 0 radical (unpaired) electrons. The highest BCUT2D eigenvalue weighted by atomic mass is 35.5. The number of ether oxygens (including phenoxy) is 2. The first-order chi connectivity index (χ1) is 15.7. The summed E-state index contributed by atoms with van der Waals surface area (Å²) in [6, 6.07) is 6.36. The van der Waals surface area contributed by atoms with Gasteiger partial charge in [-0.1, -0.05) is 38.2 Å². The second kappa shape index (κ2) is 16.3. The third kappa shape index (κ3) is 10.6. The number of methoxy groups -OCH3 is 2. The second-order valence-corrected chi connectivity index (χ2v) is 10.2. The van der Waals surface area contributed by atoms with Gasteiger partial charge in [-0.25, -0.2) is 4.98 Å². The SMILES string of the molecule is COCCN.COCCNCCc1ccc2nc3sc(C(=O)N(C)CC(C)(C)C)cn3c2c1.Cl.Cl. The number of carbonyl (C=O) groups excluding carboxylic acids is 1. The van der Waals surface area contributed by atoms with E-state index < -0.39 is 0 Å². The third-order valence-electron chi connectivity index (χ3n) is 4.83. The summed E-state index contributed by atoms with van der Waals surface area (Å²) in [7, 11) is 5.21. The van der Waals surface area contributed by atoms with E-state index in [1.165, 1.54) is 16.9 Å². The minimum Gasteiger partial charge on any atom is -0.383 e. The average Bonchev–Trinajstić information content (AvgIpc) is 3.31. The van der Waals surface area contributed by atoms with Crippen LogP contribution in [-0.4, -0.2) is 80.9 Å². The molecule has 0 aliphatic rings. The highest BCUT2D eigenvalue weighted by Gasteiger charge is 2.21. The average molecular weight is 551 g/mol. The van der Waals surface area contributed by atoms with E-state index in [4.69, 9.17) is 15.5 Å². The van der Waals surface area contributed by atoms with E-state index in [1.54, 1.807) is 19.1 Å². The highest BCUT2D eigenvalue weighted by Crippen LogP contribution is 2.26. The molecular formula is C24H41Cl2N5O3S. The fraction of sp³-hybridized carbons (Fsp3) is 0.583. The normalized spacial score (nSPS) is 10.9. The molecule has 0 saturated carbocycles. The molecule has 0 saturated heterocycles. The Kier molecular flexibility index (Phi) is 15.6. The van der Waals surface area contributed by atoms with E-state index in [0.29, 0.717) is 19.7 Å². The Labute approximate surface area is 225 Å². The molecule has 3 rings (SSSR count). The number of hydrogen-bond donors (Lipinski definition) is 2. The molecule has 1 amide bonds. The van der Waals surface area contributed by atoms with Gasteiger partial charge in [0.2, 0.25) is 0 Å². The lowest BCUT2D eigenvalue weighted by atomic mass is 9.96. The van der Waals surface area contributed by atoms with Crippen molar-refractivity contribution in [1.29, 1.82) is 0 Å². The molecule has 2 heterocycles. The fourth-order valence-electron chi connectivity index (χ4n) is 3.43. The molecule has 0 bridgehead atoms. The summed E-state index contributed by atoms with van der Waals surface area (Å²) in [5.41, 5.74) is 8.35. The van der Waals surface area contributed by atoms with Crippen molar-refractivity contribution in [2.24, 2.45) is 11.1 Å². The van der Waals surface area contributed by atoms with Crippen LogP contribution in [0.3, 0.4) is 0 Å². The maximum atomic E-state index is 12.8. The number of amides is 1. The monoisotopic (exact) mass is 549 g/mol. The van der Waals surface area contributed by atoms with E-state index in [2.05, 4.69) is 49.0 Å². The topological polar surface area (TPSA) is 94.1 Å². The number of carbonyl (C=O) groups is 1. The van der Waals surface area contributed by atoms with Gasteiger partial charge in [0.05, 0.1) is 24.2 Å². The van der Waals surface area contributed by atoms with E-state index in [1.807, 2.05) is 17.6 Å². The highest BCUT2D eigenvalue weighted by molar-refractivity contribution is 7.18. The number of hydrogen-bond acceptors (Lipinski definition) is 7. The molecule has 35 heavy (non-hydrogen) atoms.